The second-order valence-corrected chi connectivity index (χ2v) is 6.70. The molecule has 1 atom stereocenters. The molecule has 0 spiro atoms. The van der Waals surface area contributed by atoms with Crippen LogP contribution >= 0.6 is 24.0 Å². The summed E-state index contributed by atoms with van der Waals surface area (Å²) < 4.78 is 6.07. The monoisotopic (exact) mass is 415 g/mol. The average Bonchev–Trinajstić information content (AvgIpc) is 3.26. The van der Waals surface area contributed by atoms with Crippen LogP contribution in [0, 0.1) is 5.92 Å². The van der Waals surface area contributed by atoms with Gasteiger partial charge in [-0.2, -0.15) is 0 Å². The van der Waals surface area contributed by atoms with E-state index in [4.69, 9.17) is 4.74 Å². The number of ether oxygens (including phenoxy) is 1. The van der Waals surface area contributed by atoms with Gasteiger partial charge in [-0.05, 0) is 38.7 Å². The molecule has 2 N–H and O–H groups in total. The molecule has 1 aromatic carbocycles. The molecule has 3 rings (SSSR count). The summed E-state index contributed by atoms with van der Waals surface area (Å²) in [4.78, 5) is 4.36. The molecule has 1 heterocycles. The van der Waals surface area contributed by atoms with Crippen LogP contribution in [0.3, 0.4) is 0 Å². The van der Waals surface area contributed by atoms with Crippen LogP contribution in [-0.2, 0) is 0 Å². The van der Waals surface area contributed by atoms with Crippen LogP contribution in [0.1, 0.15) is 44.7 Å². The van der Waals surface area contributed by atoms with Crippen molar-refractivity contribution in [3.05, 3.63) is 29.8 Å². The van der Waals surface area contributed by atoms with E-state index in [-0.39, 0.29) is 35.6 Å². The van der Waals surface area contributed by atoms with E-state index in [0.717, 1.165) is 30.6 Å². The fourth-order valence-electron chi connectivity index (χ4n) is 2.85. The van der Waals surface area contributed by atoms with E-state index in [1.807, 2.05) is 19.2 Å². The van der Waals surface area contributed by atoms with Crippen molar-refractivity contribution in [3.63, 3.8) is 0 Å². The number of benzene rings is 1. The van der Waals surface area contributed by atoms with E-state index in [1.165, 1.54) is 18.4 Å². The molecular formula is C17H26IN3O. The zero-order valence-corrected chi connectivity index (χ0v) is 15.9. The van der Waals surface area contributed by atoms with Gasteiger partial charge in [0.05, 0.1) is 6.04 Å². The molecule has 1 fully saturated rings. The van der Waals surface area contributed by atoms with Crippen molar-refractivity contribution in [1.29, 1.82) is 0 Å². The molecule has 1 aliphatic heterocycles. The first-order valence-electron chi connectivity index (χ1n) is 7.82. The SMILES string of the molecule is CN=C(NCC1CC1)NC1CC(C)(C)Oc2ccccc21.I. The molecule has 0 aromatic heterocycles. The van der Waals surface area contributed by atoms with Crippen LogP contribution in [0.4, 0.5) is 0 Å². The Bertz CT molecular complexity index is 540. The Morgan fingerprint density at radius 1 is 1.32 bits per heavy atom. The number of fused-ring (bicyclic) bond motifs is 1. The second-order valence-electron chi connectivity index (χ2n) is 6.70. The number of aliphatic imine (C=N–C) groups is 1. The first-order chi connectivity index (χ1) is 10.1. The van der Waals surface area contributed by atoms with Gasteiger partial charge in [0.2, 0.25) is 0 Å². The highest BCUT2D eigenvalue weighted by Gasteiger charge is 2.34. The van der Waals surface area contributed by atoms with E-state index in [2.05, 4.69) is 41.6 Å². The van der Waals surface area contributed by atoms with Crippen LogP contribution in [0.25, 0.3) is 0 Å². The lowest BCUT2D eigenvalue weighted by molar-refractivity contribution is 0.0694. The number of halogens is 1. The highest BCUT2D eigenvalue weighted by atomic mass is 127. The summed E-state index contributed by atoms with van der Waals surface area (Å²) in [6.07, 6.45) is 3.61. The predicted octanol–water partition coefficient (Wildman–Crippen LogP) is 3.48. The minimum atomic E-state index is -0.165. The third kappa shape index (κ3) is 4.27. The van der Waals surface area contributed by atoms with Crippen LogP contribution < -0.4 is 15.4 Å². The maximum atomic E-state index is 6.07. The standard InChI is InChI=1S/C17H25N3O.HI/c1-17(2)10-14(13-6-4-5-7-15(13)21-17)20-16(18-3)19-11-12-8-9-12;/h4-7,12,14H,8-11H2,1-3H3,(H2,18,19,20);1H. The summed E-state index contributed by atoms with van der Waals surface area (Å²) in [7, 11) is 1.83. The molecule has 5 heteroatoms. The summed E-state index contributed by atoms with van der Waals surface area (Å²) in [5, 5.41) is 6.99. The smallest absolute Gasteiger partial charge is 0.191 e. The van der Waals surface area contributed by atoms with Gasteiger partial charge in [-0.15, -0.1) is 24.0 Å². The van der Waals surface area contributed by atoms with Crippen LogP contribution in [0.15, 0.2) is 29.3 Å². The van der Waals surface area contributed by atoms with Gasteiger partial charge in [0, 0.05) is 25.6 Å². The molecule has 1 unspecified atom stereocenters. The third-order valence-corrected chi connectivity index (χ3v) is 4.17. The van der Waals surface area contributed by atoms with Gasteiger partial charge in [0.25, 0.3) is 0 Å². The quantitative estimate of drug-likeness (QED) is 0.452. The van der Waals surface area contributed by atoms with E-state index < -0.39 is 0 Å². The highest BCUT2D eigenvalue weighted by Crippen LogP contribution is 2.39. The Morgan fingerprint density at radius 2 is 2.05 bits per heavy atom. The molecule has 1 aromatic rings. The Kier molecular flexibility index (Phi) is 5.58. The fraction of sp³-hybridized carbons (Fsp3) is 0.588. The molecule has 1 aliphatic carbocycles. The number of nitrogens with zero attached hydrogens (tertiary/aromatic N) is 1. The fourth-order valence-corrected chi connectivity index (χ4v) is 2.85. The predicted molar refractivity (Wildman–Crippen MR) is 101 cm³/mol. The maximum absolute atomic E-state index is 6.07. The number of hydrogen-bond acceptors (Lipinski definition) is 2. The summed E-state index contributed by atoms with van der Waals surface area (Å²) in [5.41, 5.74) is 1.05. The van der Waals surface area contributed by atoms with Crippen LogP contribution in [-0.4, -0.2) is 25.2 Å². The molecule has 122 valence electrons. The number of rotatable bonds is 3. The van der Waals surface area contributed by atoms with Crippen LogP contribution in [0.5, 0.6) is 5.75 Å². The molecule has 0 saturated heterocycles. The average molecular weight is 415 g/mol. The summed E-state index contributed by atoms with van der Waals surface area (Å²) in [6.45, 7) is 5.30. The molecule has 0 bridgehead atoms. The van der Waals surface area contributed by atoms with Gasteiger partial charge < -0.3 is 15.4 Å². The normalized spacial score (nSPS) is 22.9. The Labute approximate surface area is 150 Å². The number of nitrogens with one attached hydrogen (secondary N) is 2. The van der Waals surface area contributed by atoms with Crippen molar-refractivity contribution >= 4 is 29.9 Å². The molecule has 4 nitrogen and oxygen atoms in total. The maximum Gasteiger partial charge on any atom is 0.191 e. The van der Waals surface area contributed by atoms with Crippen molar-refractivity contribution in [2.45, 2.75) is 44.8 Å². The zero-order valence-electron chi connectivity index (χ0n) is 13.6. The molecule has 0 radical (unpaired) electrons. The second kappa shape index (κ2) is 7.06. The summed E-state index contributed by atoms with van der Waals surface area (Å²) in [6, 6.07) is 8.50. The number of para-hydroxylation sites is 1. The van der Waals surface area contributed by atoms with Gasteiger partial charge in [-0.3, -0.25) is 4.99 Å². The van der Waals surface area contributed by atoms with Gasteiger partial charge in [0.1, 0.15) is 11.4 Å². The largest absolute Gasteiger partial charge is 0.487 e. The lowest BCUT2D eigenvalue weighted by Gasteiger charge is -2.38. The van der Waals surface area contributed by atoms with Gasteiger partial charge in [-0.25, -0.2) is 0 Å². The zero-order chi connectivity index (χ0) is 14.9. The highest BCUT2D eigenvalue weighted by molar-refractivity contribution is 14.0. The van der Waals surface area contributed by atoms with E-state index >= 15 is 0 Å². The van der Waals surface area contributed by atoms with E-state index in [9.17, 15) is 0 Å². The molecule has 2 aliphatic rings. The lowest BCUT2D eigenvalue weighted by Crippen LogP contribution is -2.45. The third-order valence-electron chi connectivity index (χ3n) is 4.17. The molecule has 22 heavy (non-hydrogen) atoms. The molecular weight excluding hydrogens is 389 g/mol. The van der Waals surface area contributed by atoms with Gasteiger partial charge in [0.15, 0.2) is 5.96 Å². The summed E-state index contributed by atoms with van der Waals surface area (Å²) >= 11 is 0. The minimum absolute atomic E-state index is 0. The van der Waals surface area contributed by atoms with Gasteiger partial charge >= 0.3 is 0 Å². The van der Waals surface area contributed by atoms with E-state index in [1.54, 1.807) is 0 Å². The topological polar surface area (TPSA) is 45.7 Å². The Hall–Kier alpha value is -0.980. The lowest BCUT2D eigenvalue weighted by atomic mass is 9.90. The molecule has 1 saturated carbocycles. The number of hydrogen-bond donors (Lipinski definition) is 2. The van der Waals surface area contributed by atoms with Crippen LogP contribution in [0.2, 0.25) is 0 Å². The first-order valence-corrected chi connectivity index (χ1v) is 7.82. The van der Waals surface area contributed by atoms with Crippen molar-refractivity contribution in [3.8, 4) is 5.75 Å². The Morgan fingerprint density at radius 3 is 2.73 bits per heavy atom. The van der Waals surface area contributed by atoms with Crippen molar-refractivity contribution in [2.75, 3.05) is 13.6 Å². The van der Waals surface area contributed by atoms with Crippen molar-refractivity contribution in [1.82, 2.24) is 10.6 Å². The minimum Gasteiger partial charge on any atom is -0.487 e. The first kappa shape index (κ1) is 17.4. The Balaban J connectivity index is 0.00000176. The van der Waals surface area contributed by atoms with Gasteiger partial charge in [-0.1, -0.05) is 18.2 Å². The number of guanidine groups is 1. The van der Waals surface area contributed by atoms with E-state index in [0.29, 0.717) is 0 Å². The van der Waals surface area contributed by atoms with Crippen molar-refractivity contribution in [2.24, 2.45) is 10.9 Å². The summed E-state index contributed by atoms with van der Waals surface area (Å²) in [5.74, 6) is 2.70. The van der Waals surface area contributed by atoms with Crippen molar-refractivity contribution < 1.29 is 4.74 Å². The molecule has 0 amide bonds.